The molecule has 0 aromatic carbocycles. The van der Waals surface area contributed by atoms with E-state index in [1.54, 1.807) is 12.4 Å². The van der Waals surface area contributed by atoms with Crippen molar-refractivity contribution in [3.8, 4) is 11.4 Å². The lowest BCUT2D eigenvalue weighted by atomic mass is 10.2. The Bertz CT molecular complexity index is 564. The third-order valence-corrected chi connectivity index (χ3v) is 3.30. The minimum absolute atomic E-state index is 0.636. The van der Waals surface area contributed by atoms with Crippen molar-refractivity contribution in [3.63, 3.8) is 0 Å². The lowest BCUT2D eigenvalue weighted by Crippen LogP contribution is -2.05. The first-order valence-corrected chi connectivity index (χ1v) is 7.37. The molecule has 0 bridgehead atoms. The minimum Gasteiger partial charge on any atom is -0.381 e. The summed E-state index contributed by atoms with van der Waals surface area (Å²) in [5.41, 5.74) is 0.965. The molecule has 2 aromatic rings. The second-order valence-corrected chi connectivity index (χ2v) is 4.95. The number of aromatic nitrogens is 4. The SMILES string of the molecule is CCCCOCCCn1c(-c2cccnc2)n[nH]c1=S. The van der Waals surface area contributed by atoms with Crippen LogP contribution >= 0.6 is 12.2 Å². The van der Waals surface area contributed by atoms with Gasteiger partial charge in [-0.1, -0.05) is 13.3 Å². The number of ether oxygens (including phenoxy) is 1. The second kappa shape index (κ2) is 7.91. The number of rotatable bonds is 8. The van der Waals surface area contributed by atoms with Crippen molar-refractivity contribution in [2.45, 2.75) is 32.7 Å². The lowest BCUT2D eigenvalue weighted by Gasteiger charge is -2.07. The van der Waals surface area contributed by atoms with E-state index in [1.807, 2.05) is 16.7 Å². The quantitative estimate of drug-likeness (QED) is 0.599. The number of nitrogens with zero attached hydrogens (tertiary/aromatic N) is 3. The summed E-state index contributed by atoms with van der Waals surface area (Å²) < 4.78 is 8.20. The molecular weight excluding hydrogens is 272 g/mol. The fourth-order valence-electron chi connectivity index (χ4n) is 1.91. The van der Waals surface area contributed by atoms with Crippen LogP contribution in [0.4, 0.5) is 0 Å². The monoisotopic (exact) mass is 292 g/mol. The number of H-pyrrole nitrogens is 1. The van der Waals surface area contributed by atoms with Crippen LogP contribution in [0.25, 0.3) is 11.4 Å². The summed E-state index contributed by atoms with van der Waals surface area (Å²) in [5, 5.41) is 7.12. The number of pyridine rings is 1. The smallest absolute Gasteiger partial charge is 0.195 e. The molecule has 0 radical (unpaired) electrons. The van der Waals surface area contributed by atoms with E-state index in [0.717, 1.165) is 50.4 Å². The van der Waals surface area contributed by atoms with E-state index in [-0.39, 0.29) is 0 Å². The Morgan fingerprint density at radius 3 is 2.95 bits per heavy atom. The molecule has 6 heteroatoms. The Labute approximate surface area is 124 Å². The van der Waals surface area contributed by atoms with Crippen molar-refractivity contribution < 1.29 is 4.74 Å². The third kappa shape index (κ3) is 3.98. The normalized spacial score (nSPS) is 10.8. The van der Waals surface area contributed by atoms with Gasteiger partial charge in [0.25, 0.3) is 0 Å². The first kappa shape index (κ1) is 14.9. The Hall–Kier alpha value is -1.53. The van der Waals surface area contributed by atoms with Crippen LogP contribution in [0.15, 0.2) is 24.5 Å². The number of aromatic amines is 1. The molecule has 0 atom stereocenters. The summed E-state index contributed by atoms with van der Waals surface area (Å²) in [6, 6.07) is 3.87. The molecule has 0 aliphatic rings. The van der Waals surface area contributed by atoms with Gasteiger partial charge in [-0.3, -0.25) is 10.1 Å². The third-order valence-electron chi connectivity index (χ3n) is 2.99. The maximum atomic E-state index is 5.57. The zero-order chi connectivity index (χ0) is 14.2. The van der Waals surface area contributed by atoms with Gasteiger partial charge in [0, 0.05) is 37.7 Å². The van der Waals surface area contributed by atoms with Crippen molar-refractivity contribution in [1.82, 2.24) is 19.7 Å². The molecule has 1 N–H and O–H groups in total. The highest BCUT2D eigenvalue weighted by Gasteiger charge is 2.08. The molecule has 20 heavy (non-hydrogen) atoms. The molecule has 5 nitrogen and oxygen atoms in total. The highest BCUT2D eigenvalue weighted by molar-refractivity contribution is 7.71. The van der Waals surface area contributed by atoms with Crippen LogP contribution in [0.3, 0.4) is 0 Å². The van der Waals surface area contributed by atoms with Crippen molar-refractivity contribution in [1.29, 1.82) is 0 Å². The number of hydrogen-bond donors (Lipinski definition) is 1. The number of nitrogens with one attached hydrogen (secondary N) is 1. The van der Waals surface area contributed by atoms with Crippen LogP contribution in [0.2, 0.25) is 0 Å². The summed E-state index contributed by atoms with van der Waals surface area (Å²) >= 11 is 5.28. The Morgan fingerprint density at radius 1 is 1.35 bits per heavy atom. The summed E-state index contributed by atoms with van der Waals surface area (Å²) in [7, 11) is 0. The molecule has 0 saturated carbocycles. The molecule has 0 amide bonds. The molecule has 0 saturated heterocycles. The summed E-state index contributed by atoms with van der Waals surface area (Å²) in [4.78, 5) is 4.12. The topological polar surface area (TPSA) is 55.7 Å². The van der Waals surface area contributed by atoms with Gasteiger partial charge in [0.2, 0.25) is 0 Å². The molecular formula is C14H20N4OS. The van der Waals surface area contributed by atoms with Gasteiger partial charge in [0.05, 0.1) is 0 Å². The molecule has 2 aromatic heterocycles. The van der Waals surface area contributed by atoms with E-state index in [2.05, 4.69) is 22.1 Å². The molecule has 0 spiro atoms. The standard InChI is InChI=1S/C14H20N4OS/c1-2-3-9-19-10-5-8-18-13(16-17-14(18)20)12-6-4-7-15-11-12/h4,6-7,11H,2-3,5,8-10H2,1H3,(H,17,20). The van der Waals surface area contributed by atoms with Crippen molar-refractivity contribution >= 4 is 12.2 Å². The molecule has 0 aliphatic heterocycles. The number of unbranched alkanes of at least 4 members (excludes halogenated alkanes) is 1. The van der Waals surface area contributed by atoms with E-state index in [0.29, 0.717) is 4.77 Å². The predicted molar refractivity (Wildman–Crippen MR) is 81.0 cm³/mol. The molecule has 0 unspecified atom stereocenters. The zero-order valence-corrected chi connectivity index (χ0v) is 12.5. The van der Waals surface area contributed by atoms with E-state index in [4.69, 9.17) is 17.0 Å². The average Bonchev–Trinajstić information content (AvgIpc) is 2.85. The Balaban J connectivity index is 1.95. The molecule has 108 valence electrons. The van der Waals surface area contributed by atoms with Gasteiger partial charge in [-0.2, -0.15) is 5.10 Å². The van der Waals surface area contributed by atoms with Gasteiger partial charge >= 0.3 is 0 Å². The van der Waals surface area contributed by atoms with Gasteiger partial charge in [-0.25, -0.2) is 0 Å². The average molecular weight is 292 g/mol. The number of hydrogen-bond acceptors (Lipinski definition) is 4. The van der Waals surface area contributed by atoms with Crippen molar-refractivity contribution in [2.24, 2.45) is 0 Å². The highest BCUT2D eigenvalue weighted by Crippen LogP contribution is 2.15. The largest absolute Gasteiger partial charge is 0.381 e. The van der Waals surface area contributed by atoms with Crippen molar-refractivity contribution in [3.05, 3.63) is 29.3 Å². The molecule has 0 fully saturated rings. The summed E-state index contributed by atoms with van der Waals surface area (Å²) in [5.74, 6) is 0.830. The fourth-order valence-corrected chi connectivity index (χ4v) is 2.14. The van der Waals surface area contributed by atoms with Crippen LogP contribution in [0, 0.1) is 4.77 Å². The van der Waals surface area contributed by atoms with Crippen LogP contribution in [0.5, 0.6) is 0 Å². The van der Waals surface area contributed by atoms with E-state index in [1.165, 1.54) is 0 Å². The van der Waals surface area contributed by atoms with Gasteiger partial charge in [-0.05, 0) is 37.2 Å². The first-order chi connectivity index (χ1) is 9.83. The van der Waals surface area contributed by atoms with Gasteiger partial charge in [0.15, 0.2) is 10.6 Å². The predicted octanol–water partition coefficient (Wildman–Crippen LogP) is 3.21. The molecule has 0 aliphatic carbocycles. The van der Waals surface area contributed by atoms with Crippen LogP contribution in [-0.2, 0) is 11.3 Å². The van der Waals surface area contributed by atoms with E-state index >= 15 is 0 Å². The van der Waals surface area contributed by atoms with Gasteiger partial charge in [-0.15, -0.1) is 0 Å². The Morgan fingerprint density at radius 2 is 2.20 bits per heavy atom. The maximum Gasteiger partial charge on any atom is 0.195 e. The van der Waals surface area contributed by atoms with Crippen molar-refractivity contribution in [2.75, 3.05) is 13.2 Å². The highest BCUT2D eigenvalue weighted by atomic mass is 32.1. The first-order valence-electron chi connectivity index (χ1n) is 6.96. The summed E-state index contributed by atoms with van der Waals surface area (Å²) in [6.45, 7) is 4.54. The molecule has 2 heterocycles. The van der Waals surface area contributed by atoms with E-state index < -0.39 is 0 Å². The van der Waals surface area contributed by atoms with E-state index in [9.17, 15) is 0 Å². The molecule has 2 rings (SSSR count). The maximum absolute atomic E-state index is 5.57. The van der Waals surface area contributed by atoms with Crippen LogP contribution in [-0.4, -0.2) is 33.0 Å². The summed E-state index contributed by atoms with van der Waals surface area (Å²) in [6.07, 6.45) is 6.74. The van der Waals surface area contributed by atoms with Gasteiger partial charge < -0.3 is 9.30 Å². The second-order valence-electron chi connectivity index (χ2n) is 4.57. The lowest BCUT2D eigenvalue weighted by molar-refractivity contribution is 0.126. The van der Waals surface area contributed by atoms with Gasteiger partial charge in [0.1, 0.15) is 0 Å². The van der Waals surface area contributed by atoms with Crippen LogP contribution in [0.1, 0.15) is 26.2 Å². The fraction of sp³-hybridized carbons (Fsp3) is 0.500. The minimum atomic E-state index is 0.636. The van der Waals surface area contributed by atoms with Crippen LogP contribution < -0.4 is 0 Å². The Kier molecular flexibility index (Phi) is 5.88. The zero-order valence-electron chi connectivity index (χ0n) is 11.7.